The molecule has 0 aliphatic carbocycles. The van der Waals surface area contributed by atoms with Crippen molar-refractivity contribution in [3.05, 3.63) is 49.6 Å². The van der Waals surface area contributed by atoms with Gasteiger partial charge in [0.05, 0.1) is 22.1 Å². The molecular formula is C14H15BrClNO2S. The van der Waals surface area contributed by atoms with Gasteiger partial charge in [0.2, 0.25) is 0 Å². The normalized spacial score (nSPS) is 12.4. The Kier molecular flexibility index (Phi) is 5.86. The summed E-state index contributed by atoms with van der Waals surface area (Å²) in [4.78, 5) is 0.964. The van der Waals surface area contributed by atoms with Crippen molar-refractivity contribution in [2.24, 2.45) is 5.73 Å². The average Bonchev–Trinajstić information content (AvgIpc) is 2.86. The van der Waals surface area contributed by atoms with Crippen molar-refractivity contribution in [3.8, 4) is 5.75 Å². The van der Waals surface area contributed by atoms with E-state index in [0.717, 1.165) is 20.7 Å². The fourth-order valence-electron chi connectivity index (χ4n) is 1.74. The van der Waals surface area contributed by atoms with Crippen molar-refractivity contribution in [2.75, 3.05) is 20.3 Å². The molecule has 0 spiro atoms. The maximum absolute atomic E-state index is 6.25. The molecule has 1 atom stereocenters. The number of thiophene rings is 1. The predicted molar refractivity (Wildman–Crippen MR) is 86.9 cm³/mol. The van der Waals surface area contributed by atoms with Crippen molar-refractivity contribution in [3.63, 3.8) is 0 Å². The Hall–Kier alpha value is -0.590. The van der Waals surface area contributed by atoms with Gasteiger partial charge in [-0.1, -0.05) is 17.7 Å². The first-order chi connectivity index (χ1) is 9.63. The summed E-state index contributed by atoms with van der Waals surface area (Å²) in [5, 5.41) is 2.65. The fraction of sp³-hybridized carbons (Fsp3) is 0.286. The molecule has 0 aliphatic rings. The number of benzene rings is 1. The van der Waals surface area contributed by atoms with Crippen LogP contribution >= 0.6 is 38.9 Å². The average molecular weight is 377 g/mol. The summed E-state index contributed by atoms with van der Waals surface area (Å²) in [6.07, 6.45) is 0. The van der Waals surface area contributed by atoms with Crippen LogP contribution in [0.15, 0.2) is 34.1 Å². The van der Waals surface area contributed by atoms with Crippen LogP contribution in [0.1, 0.15) is 16.5 Å². The monoisotopic (exact) mass is 375 g/mol. The van der Waals surface area contributed by atoms with E-state index in [2.05, 4.69) is 15.9 Å². The summed E-state index contributed by atoms with van der Waals surface area (Å²) in [6, 6.07) is 7.44. The highest BCUT2D eigenvalue weighted by atomic mass is 79.9. The van der Waals surface area contributed by atoms with E-state index in [9.17, 15) is 0 Å². The molecule has 1 aromatic carbocycles. The summed E-state index contributed by atoms with van der Waals surface area (Å²) >= 11 is 11.2. The minimum atomic E-state index is -0.230. The summed E-state index contributed by atoms with van der Waals surface area (Å²) in [5.74, 6) is 0.773. The molecule has 1 heterocycles. The Morgan fingerprint density at radius 3 is 2.75 bits per heavy atom. The molecule has 0 radical (unpaired) electrons. The Labute approximate surface area is 135 Å². The van der Waals surface area contributed by atoms with E-state index in [0.29, 0.717) is 18.2 Å². The van der Waals surface area contributed by atoms with Crippen LogP contribution in [-0.2, 0) is 4.74 Å². The van der Waals surface area contributed by atoms with E-state index in [1.807, 2.05) is 29.6 Å². The molecule has 0 saturated carbocycles. The van der Waals surface area contributed by atoms with Gasteiger partial charge in [0.25, 0.3) is 0 Å². The number of nitrogens with two attached hydrogens (primary N) is 1. The molecule has 6 heteroatoms. The predicted octanol–water partition coefficient (Wildman–Crippen LogP) is 4.24. The Morgan fingerprint density at radius 1 is 1.35 bits per heavy atom. The van der Waals surface area contributed by atoms with Crippen molar-refractivity contribution in [1.82, 2.24) is 0 Å². The summed E-state index contributed by atoms with van der Waals surface area (Å²) in [7, 11) is 1.64. The second-order valence-electron chi connectivity index (χ2n) is 4.14. The molecule has 0 amide bonds. The molecule has 0 aliphatic heterocycles. The first-order valence-corrected chi connectivity index (χ1v) is 8.08. The van der Waals surface area contributed by atoms with Gasteiger partial charge in [0.15, 0.2) is 0 Å². The number of rotatable bonds is 6. The molecule has 2 rings (SSSR count). The molecule has 0 fully saturated rings. The minimum Gasteiger partial charge on any atom is -0.490 e. The molecule has 1 unspecified atom stereocenters. The quantitative estimate of drug-likeness (QED) is 0.767. The van der Waals surface area contributed by atoms with Crippen molar-refractivity contribution in [2.45, 2.75) is 6.04 Å². The van der Waals surface area contributed by atoms with Gasteiger partial charge in [-0.25, -0.2) is 0 Å². The van der Waals surface area contributed by atoms with Crippen molar-refractivity contribution in [1.29, 1.82) is 0 Å². The highest BCUT2D eigenvalue weighted by molar-refractivity contribution is 9.10. The largest absolute Gasteiger partial charge is 0.490 e. The topological polar surface area (TPSA) is 44.5 Å². The van der Waals surface area contributed by atoms with E-state index in [1.54, 1.807) is 18.4 Å². The third kappa shape index (κ3) is 3.74. The van der Waals surface area contributed by atoms with Crippen molar-refractivity contribution >= 4 is 38.9 Å². The SMILES string of the molecule is COCCOc1ccc(C(N)c2sccc2Cl)cc1Br. The van der Waals surface area contributed by atoms with Crippen LogP contribution in [0.3, 0.4) is 0 Å². The van der Waals surface area contributed by atoms with Crippen LogP contribution in [0.25, 0.3) is 0 Å². The third-order valence-electron chi connectivity index (χ3n) is 2.79. The van der Waals surface area contributed by atoms with E-state index in [-0.39, 0.29) is 6.04 Å². The number of ether oxygens (including phenoxy) is 2. The molecule has 108 valence electrons. The lowest BCUT2D eigenvalue weighted by atomic mass is 10.1. The van der Waals surface area contributed by atoms with Crippen LogP contribution in [0.2, 0.25) is 5.02 Å². The zero-order chi connectivity index (χ0) is 14.5. The number of hydrogen-bond acceptors (Lipinski definition) is 4. The Balaban J connectivity index is 2.14. The van der Waals surface area contributed by atoms with E-state index >= 15 is 0 Å². The molecule has 1 aromatic heterocycles. The van der Waals surface area contributed by atoms with Gasteiger partial charge in [-0.05, 0) is 45.1 Å². The molecule has 3 nitrogen and oxygen atoms in total. The van der Waals surface area contributed by atoms with Gasteiger partial charge in [-0.15, -0.1) is 11.3 Å². The molecular weight excluding hydrogens is 362 g/mol. The smallest absolute Gasteiger partial charge is 0.133 e. The zero-order valence-electron chi connectivity index (χ0n) is 10.9. The van der Waals surface area contributed by atoms with E-state index in [1.165, 1.54) is 0 Å². The van der Waals surface area contributed by atoms with Gasteiger partial charge >= 0.3 is 0 Å². The van der Waals surface area contributed by atoms with Crippen molar-refractivity contribution < 1.29 is 9.47 Å². The van der Waals surface area contributed by atoms with Gasteiger partial charge in [0.1, 0.15) is 12.4 Å². The maximum Gasteiger partial charge on any atom is 0.133 e. The van der Waals surface area contributed by atoms with Crippen LogP contribution in [-0.4, -0.2) is 20.3 Å². The lowest BCUT2D eigenvalue weighted by Crippen LogP contribution is -2.11. The van der Waals surface area contributed by atoms with Crippen LogP contribution in [0.4, 0.5) is 0 Å². The molecule has 2 aromatic rings. The minimum absolute atomic E-state index is 0.230. The van der Waals surface area contributed by atoms with Crippen LogP contribution < -0.4 is 10.5 Å². The molecule has 0 bridgehead atoms. The lowest BCUT2D eigenvalue weighted by Gasteiger charge is -2.14. The Morgan fingerprint density at radius 2 is 2.15 bits per heavy atom. The van der Waals surface area contributed by atoms with Crippen LogP contribution in [0, 0.1) is 0 Å². The lowest BCUT2D eigenvalue weighted by molar-refractivity contribution is 0.146. The van der Waals surface area contributed by atoms with E-state index < -0.39 is 0 Å². The number of hydrogen-bond donors (Lipinski definition) is 1. The number of halogens is 2. The summed E-state index contributed by atoms with van der Waals surface area (Å²) in [5.41, 5.74) is 7.23. The first-order valence-electron chi connectivity index (χ1n) is 6.03. The standard InChI is InChI=1S/C14H15BrClNO2S/c1-18-5-6-19-12-3-2-9(8-10(12)15)13(17)14-11(16)4-7-20-14/h2-4,7-8,13H,5-6,17H2,1H3. The van der Waals surface area contributed by atoms with Gasteiger partial charge in [-0.2, -0.15) is 0 Å². The summed E-state index contributed by atoms with van der Waals surface area (Å²) < 4.78 is 11.4. The second kappa shape index (κ2) is 7.43. The Bertz CT molecular complexity index is 576. The highest BCUT2D eigenvalue weighted by Gasteiger charge is 2.15. The number of methoxy groups -OCH3 is 1. The molecule has 0 saturated heterocycles. The van der Waals surface area contributed by atoms with Crippen LogP contribution in [0.5, 0.6) is 5.75 Å². The van der Waals surface area contributed by atoms with Gasteiger partial charge in [-0.3, -0.25) is 0 Å². The second-order valence-corrected chi connectivity index (χ2v) is 6.35. The maximum atomic E-state index is 6.25. The highest BCUT2D eigenvalue weighted by Crippen LogP contribution is 2.34. The zero-order valence-corrected chi connectivity index (χ0v) is 14.1. The van der Waals surface area contributed by atoms with E-state index in [4.69, 9.17) is 26.8 Å². The molecule has 2 N–H and O–H groups in total. The van der Waals surface area contributed by atoms with Gasteiger partial charge < -0.3 is 15.2 Å². The third-order valence-corrected chi connectivity index (χ3v) is 4.85. The molecule has 20 heavy (non-hydrogen) atoms. The fourth-order valence-corrected chi connectivity index (χ4v) is 3.46. The first kappa shape index (κ1) is 15.8. The van der Waals surface area contributed by atoms with Gasteiger partial charge in [0, 0.05) is 12.0 Å². The summed E-state index contributed by atoms with van der Waals surface area (Å²) in [6.45, 7) is 1.07.